The van der Waals surface area contributed by atoms with Gasteiger partial charge in [0.2, 0.25) is 0 Å². The minimum atomic E-state index is -0.462. The summed E-state index contributed by atoms with van der Waals surface area (Å²) in [7, 11) is 0. The number of aliphatic hydroxyl groups excluding tert-OH is 1. The Morgan fingerprint density at radius 1 is 1.32 bits per heavy atom. The number of hydrogen-bond donors (Lipinski definition) is 2. The van der Waals surface area contributed by atoms with E-state index in [-0.39, 0.29) is 0 Å². The molecule has 4 nitrogen and oxygen atoms in total. The summed E-state index contributed by atoms with van der Waals surface area (Å²) in [6, 6.07) is 4.11. The third kappa shape index (κ3) is 9.13. The molecule has 1 aromatic heterocycles. The molecule has 5 heteroatoms. The Balaban J connectivity index is 1.86. The Bertz CT molecular complexity index is 293. The zero-order chi connectivity index (χ0) is 13.8. The fourth-order valence-corrected chi connectivity index (χ4v) is 2.19. The molecule has 0 aliphatic rings. The van der Waals surface area contributed by atoms with Crippen LogP contribution in [0, 0.1) is 0 Å². The molecule has 0 aliphatic heterocycles. The summed E-state index contributed by atoms with van der Waals surface area (Å²) < 4.78 is 10.7. The number of ether oxygens (including phenoxy) is 2. The van der Waals surface area contributed by atoms with Gasteiger partial charge < -0.3 is 19.9 Å². The second kappa shape index (κ2) is 11.4. The van der Waals surface area contributed by atoms with Crippen molar-refractivity contribution in [3.8, 4) is 0 Å². The molecule has 0 aliphatic carbocycles. The molecule has 2 N–H and O–H groups in total. The lowest BCUT2D eigenvalue weighted by Crippen LogP contribution is -2.30. The van der Waals surface area contributed by atoms with Crippen LogP contribution in [0.1, 0.15) is 24.6 Å². The molecule has 0 bridgehead atoms. The van der Waals surface area contributed by atoms with Crippen molar-refractivity contribution in [2.24, 2.45) is 0 Å². The van der Waals surface area contributed by atoms with Gasteiger partial charge in [-0.1, -0.05) is 19.4 Å². The van der Waals surface area contributed by atoms with E-state index in [2.05, 4.69) is 23.7 Å². The van der Waals surface area contributed by atoms with E-state index in [0.717, 1.165) is 26.0 Å². The number of aliphatic hydroxyl groups is 1. The summed E-state index contributed by atoms with van der Waals surface area (Å²) in [5.41, 5.74) is 0. The summed E-state index contributed by atoms with van der Waals surface area (Å²) in [4.78, 5) is 1.28. The van der Waals surface area contributed by atoms with Crippen LogP contribution in [-0.4, -0.2) is 44.2 Å². The van der Waals surface area contributed by atoms with Crippen LogP contribution in [-0.2, 0) is 16.0 Å². The quantitative estimate of drug-likeness (QED) is 0.578. The molecule has 1 rings (SSSR count). The molecular formula is C14H25NO3S. The van der Waals surface area contributed by atoms with Crippen molar-refractivity contribution in [2.75, 3.05) is 33.0 Å². The molecule has 0 amide bonds. The highest BCUT2D eigenvalue weighted by molar-refractivity contribution is 7.09. The predicted octanol–water partition coefficient (Wildman–Crippen LogP) is 2.03. The Kier molecular flexibility index (Phi) is 9.93. The Morgan fingerprint density at radius 2 is 2.16 bits per heavy atom. The van der Waals surface area contributed by atoms with Gasteiger partial charge in [0.05, 0.1) is 25.9 Å². The molecule has 0 saturated carbocycles. The predicted molar refractivity (Wildman–Crippen MR) is 78.6 cm³/mol. The van der Waals surface area contributed by atoms with Crippen molar-refractivity contribution < 1.29 is 14.6 Å². The molecule has 0 aromatic carbocycles. The second-order valence-corrected chi connectivity index (χ2v) is 5.44. The first-order chi connectivity index (χ1) is 9.33. The highest BCUT2D eigenvalue weighted by atomic mass is 32.1. The third-order valence-electron chi connectivity index (χ3n) is 2.58. The molecule has 110 valence electrons. The third-order valence-corrected chi connectivity index (χ3v) is 3.46. The topological polar surface area (TPSA) is 50.7 Å². The lowest BCUT2D eigenvalue weighted by molar-refractivity contribution is 0.00386. The van der Waals surface area contributed by atoms with Crippen molar-refractivity contribution in [1.29, 1.82) is 0 Å². The van der Waals surface area contributed by atoms with Crippen molar-refractivity contribution in [3.05, 3.63) is 22.4 Å². The van der Waals surface area contributed by atoms with Crippen LogP contribution in [0.5, 0.6) is 0 Å². The molecule has 1 heterocycles. The summed E-state index contributed by atoms with van der Waals surface area (Å²) in [6.07, 6.45) is 1.78. The molecule has 1 aromatic rings. The highest BCUT2D eigenvalue weighted by Crippen LogP contribution is 2.07. The molecule has 0 fully saturated rings. The SMILES string of the molecule is CCCCOCCOCC(O)CNCc1cccs1. The van der Waals surface area contributed by atoms with Crippen molar-refractivity contribution in [1.82, 2.24) is 5.32 Å². The number of unbranched alkanes of at least 4 members (excludes halogenated alkanes) is 1. The zero-order valence-corrected chi connectivity index (χ0v) is 12.5. The Hall–Kier alpha value is -0.460. The minimum Gasteiger partial charge on any atom is -0.389 e. The number of thiophene rings is 1. The van der Waals surface area contributed by atoms with E-state index < -0.39 is 6.10 Å². The van der Waals surface area contributed by atoms with Crippen LogP contribution < -0.4 is 5.32 Å². The van der Waals surface area contributed by atoms with Crippen LogP contribution in [0.3, 0.4) is 0 Å². The first kappa shape index (κ1) is 16.6. The fraction of sp³-hybridized carbons (Fsp3) is 0.714. The van der Waals surface area contributed by atoms with Crippen LogP contribution in [0.4, 0.5) is 0 Å². The van der Waals surface area contributed by atoms with Crippen molar-refractivity contribution >= 4 is 11.3 Å². The maximum atomic E-state index is 9.69. The maximum absolute atomic E-state index is 9.69. The van der Waals surface area contributed by atoms with Gasteiger partial charge in [0, 0.05) is 24.6 Å². The van der Waals surface area contributed by atoms with Gasteiger partial charge in [-0.2, -0.15) is 0 Å². The summed E-state index contributed by atoms with van der Waals surface area (Å²) >= 11 is 1.71. The summed E-state index contributed by atoms with van der Waals surface area (Å²) in [5, 5.41) is 14.9. The van der Waals surface area contributed by atoms with Crippen molar-refractivity contribution in [2.45, 2.75) is 32.4 Å². The fourth-order valence-electron chi connectivity index (χ4n) is 1.52. The summed E-state index contributed by atoms with van der Waals surface area (Å²) in [5.74, 6) is 0. The molecule has 0 spiro atoms. The lowest BCUT2D eigenvalue weighted by atomic mass is 10.3. The van der Waals surface area contributed by atoms with E-state index >= 15 is 0 Å². The maximum Gasteiger partial charge on any atom is 0.0897 e. The first-order valence-electron chi connectivity index (χ1n) is 6.89. The highest BCUT2D eigenvalue weighted by Gasteiger charge is 2.03. The van der Waals surface area contributed by atoms with Gasteiger partial charge in [-0.25, -0.2) is 0 Å². The first-order valence-corrected chi connectivity index (χ1v) is 7.77. The van der Waals surface area contributed by atoms with Gasteiger partial charge >= 0.3 is 0 Å². The molecule has 19 heavy (non-hydrogen) atoms. The van der Waals surface area contributed by atoms with E-state index in [0.29, 0.717) is 26.4 Å². The Morgan fingerprint density at radius 3 is 2.89 bits per heavy atom. The van der Waals surface area contributed by atoms with Gasteiger partial charge in [-0.3, -0.25) is 0 Å². The minimum absolute atomic E-state index is 0.356. The van der Waals surface area contributed by atoms with Gasteiger partial charge in [0.1, 0.15) is 0 Å². The monoisotopic (exact) mass is 287 g/mol. The normalized spacial score (nSPS) is 12.7. The van der Waals surface area contributed by atoms with Crippen molar-refractivity contribution in [3.63, 3.8) is 0 Å². The lowest BCUT2D eigenvalue weighted by Gasteiger charge is -2.12. The van der Waals surface area contributed by atoms with Crippen LogP contribution in [0.2, 0.25) is 0 Å². The summed E-state index contributed by atoms with van der Waals surface area (Å²) in [6.45, 7) is 5.79. The Labute approximate surface area is 119 Å². The average molecular weight is 287 g/mol. The van der Waals surface area contributed by atoms with Gasteiger partial charge in [0.25, 0.3) is 0 Å². The van der Waals surface area contributed by atoms with Crippen LogP contribution in [0.25, 0.3) is 0 Å². The van der Waals surface area contributed by atoms with Crippen LogP contribution in [0.15, 0.2) is 17.5 Å². The standard InChI is InChI=1S/C14H25NO3S/c1-2-3-6-17-7-8-18-12-13(16)10-15-11-14-5-4-9-19-14/h4-5,9,13,15-16H,2-3,6-8,10-12H2,1H3. The van der Waals surface area contributed by atoms with Gasteiger partial charge in [-0.15, -0.1) is 11.3 Å². The van der Waals surface area contributed by atoms with E-state index in [1.54, 1.807) is 11.3 Å². The average Bonchev–Trinajstić information content (AvgIpc) is 2.91. The smallest absolute Gasteiger partial charge is 0.0897 e. The second-order valence-electron chi connectivity index (χ2n) is 4.40. The zero-order valence-electron chi connectivity index (χ0n) is 11.6. The van der Waals surface area contributed by atoms with E-state index in [1.165, 1.54) is 4.88 Å². The van der Waals surface area contributed by atoms with Gasteiger partial charge in [0.15, 0.2) is 0 Å². The molecule has 0 radical (unpaired) electrons. The van der Waals surface area contributed by atoms with E-state index in [1.807, 2.05) is 6.07 Å². The molecule has 1 atom stereocenters. The number of nitrogens with one attached hydrogen (secondary N) is 1. The van der Waals surface area contributed by atoms with E-state index in [9.17, 15) is 5.11 Å². The largest absolute Gasteiger partial charge is 0.389 e. The molecule has 0 saturated heterocycles. The molecular weight excluding hydrogens is 262 g/mol. The number of rotatable bonds is 12. The molecule has 1 unspecified atom stereocenters. The van der Waals surface area contributed by atoms with Crippen LogP contribution >= 0.6 is 11.3 Å². The van der Waals surface area contributed by atoms with E-state index in [4.69, 9.17) is 9.47 Å². The number of hydrogen-bond acceptors (Lipinski definition) is 5. The van der Waals surface area contributed by atoms with Gasteiger partial charge in [-0.05, 0) is 17.9 Å².